The molecular weight excluding hydrogens is 319 g/mol. The third-order valence-corrected chi connectivity index (χ3v) is 3.84. The zero-order valence-electron chi connectivity index (χ0n) is 14.9. The maximum Gasteiger partial charge on any atom is 0.238 e. The minimum Gasteiger partial charge on any atom is -0.492 e. The van der Waals surface area contributed by atoms with Crippen LogP contribution in [0.25, 0.3) is 0 Å². The van der Waals surface area contributed by atoms with Crippen LogP contribution in [-0.2, 0) is 4.79 Å². The number of anilines is 1. The fraction of sp³-hybridized carbons (Fsp3) is 0.350. The van der Waals surface area contributed by atoms with Crippen LogP contribution in [0, 0.1) is 11.7 Å². The van der Waals surface area contributed by atoms with Crippen molar-refractivity contribution in [3.63, 3.8) is 0 Å². The van der Waals surface area contributed by atoms with E-state index in [2.05, 4.69) is 24.5 Å². The lowest BCUT2D eigenvalue weighted by Crippen LogP contribution is -2.33. The summed E-state index contributed by atoms with van der Waals surface area (Å²) in [5.41, 5.74) is 1.61. The maximum absolute atomic E-state index is 13.1. The number of hydrogen-bond acceptors (Lipinski definition) is 3. The van der Waals surface area contributed by atoms with Crippen molar-refractivity contribution < 1.29 is 13.9 Å². The van der Waals surface area contributed by atoms with E-state index >= 15 is 0 Å². The average molecular weight is 344 g/mol. The van der Waals surface area contributed by atoms with Gasteiger partial charge in [-0.05, 0) is 42.7 Å². The van der Waals surface area contributed by atoms with Gasteiger partial charge in [-0.25, -0.2) is 4.39 Å². The highest BCUT2D eigenvalue weighted by atomic mass is 19.1. The Balaban J connectivity index is 1.99. The molecule has 1 atom stereocenters. The third-order valence-electron chi connectivity index (χ3n) is 3.84. The van der Waals surface area contributed by atoms with E-state index in [0.717, 1.165) is 5.56 Å². The van der Waals surface area contributed by atoms with Crippen molar-refractivity contribution in [2.24, 2.45) is 5.92 Å². The highest BCUT2D eigenvalue weighted by Crippen LogP contribution is 2.24. The molecule has 0 aliphatic carbocycles. The SMILES string of the molecule is CCOc1ccccc1NC(=O)CN[C@H](c1ccc(F)cc1)C(C)C. The number of benzene rings is 2. The summed E-state index contributed by atoms with van der Waals surface area (Å²) in [4.78, 5) is 12.3. The molecule has 0 fully saturated rings. The molecule has 0 saturated carbocycles. The number of para-hydroxylation sites is 2. The first-order chi connectivity index (χ1) is 12.0. The number of ether oxygens (including phenoxy) is 1. The van der Waals surface area contributed by atoms with E-state index < -0.39 is 0 Å². The fourth-order valence-electron chi connectivity index (χ4n) is 2.66. The van der Waals surface area contributed by atoms with Crippen LogP contribution in [0.1, 0.15) is 32.4 Å². The summed E-state index contributed by atoms with van der Waals surface area (Å²) < 4.78 is 18.6. The number of carbonyl (C=O) groups is 1. The molecule has 5 heteroatoms. The van der Waals surface area contributed by atoms with E-state index in [9.17, 15) is 9.18 Å². The molecule has 4 nitrogen and oxygen atoms in total. The topological polar surface area (TPSA) is 50.4 Å². The fourth-order valence-corrected chi connectivity index (χ4v) is 2.66. The Hall–Kier alpha value is -2.40. The molecule has 0 aliphatic rings. The van der Waals surface area contributed by atoms with Gasteiger partial charge in [0.25, 0.3) is 0 Å². The molecule has 2 N–H and O–H groups in total. The lowest BCUT2D eigenvalue weighted by Gasteiger charge is -2.23. The van der Waals surface area contributed by atoms with Crippen LogP contribution in [0.5, 0.6) is 5.75 Å². The molecule has 25 heavy (non-hydrogen) atoms. The Morgan fingerprint density at radius 1 is 1.12 bits per heavy atom. The van der Waals surface area contributed by atoms with Crippen molar-refractivity contribution in [3.8, 4) is 5.75 Å². The predicted octanol–water partition coefficient (Wildman–Crippen LogP) is 4.15. The summed E-state index contributed by atoms with van der Waals surface area (Å²) in [6.07, 6.45) is 0. The Kier molecular flexibility index (Phi) is 6.95. The Bertz CT molecular complexity index is 686. The predicted molar refractivity (Wildman–Crippen MR) is 98.2 cm³/mol. The van der Waals surface area contributed by atoms with Gasteiger partial charge in [0.05, 0.1) is 18.8 Å². The van der Waals surface area contributed by atoms with Gasteiger partial charge < -0.3 is 15.4 Å². The lowest BCUT2D eigenvalue weighted by atomic mass is 9.96. The lowest BCUT2D eigenvalue weighted by molar-refractivity contribution is -0.115. The molecule has 0 bridgehead atoms. The number of carbonyl (C=O) groups excluding carboxylic acids is 1. The number of hydrogen-bond donors (Lipinski definition) is 2. The molecule has 134 valence electrons. The van der Waals surface area contributed by atoms with E-state index in [0.29, 0.717) is 18.0 Å². The van der Waals surface area contributed by atoms with Crippen molar-refractivity contribution in [1.29, 1.82) is 0 Å². The van der Waals surface area contributed by atoms with E-state index in [1.807, 2.05) is 31.2 Å². The molecule has 2 aromatic rings. The van der Waals surface area contributed by atoms with Crippen LogP contribution >= 0.6 is 0 Å². The molecule has 2 rings (SSSR count). The van der Waals surface area contributed by atoms with Crippen molar-refractivity contribution in [1.82, 2.24) is 5.32 Å². The number of amides is 1. The molecule has 0 unspecified atom stereocenters. The van der Waals surface area contributed by atoms with E-state index in [1.165, 1.54) is 12.1 Å². The summed E-state index contributed by atoms with van der Waals surface area (Å²) in [5, 5.41) is 6.11. The van der Waals surface area contributed by atoms with Gasteiger partial charge in [-0.15, -0.1) is 0 Å². The molecule has 0 aromatic heterocycles. The standard InChI is InChI=1S/C20H25FN2O2/c1-4-25-18-8-6-5-7-17(18)23-19(24)13-22-20(14(2)3)15-9-11-16(21)12-10-15/h5-12,14,20,22H,4,13H2,1-3H3,(H,23,24)/t20-/m0/s1. The summed E-state index contributed by atoms with van der Waals surface area (Å²) in [5.74, 6) is 0.489. The normalized spacial score (nSPS) is 12.0. The maximum atomic E-state index is 13.1. The van der Waals surface area contributed by atoms with E-state index in [1.54, 1.807) is 12.1 Å². The van der Waals surface area contributed by atoms with Gasteiger partial charge in [0.2, 0.25) is 5.91 Å². The largest absolute Gasteiger partial charge is 0.492 e. The van der Waals surface area contributed by atoms with Crippen LogP contribution in [0.3, 0.4) is 0 Å². The zero-order valence-corrected chi connectivity index (χ0v) is 14.9. The van der Waals surface area contributed by atoms with Crippen molar-refractivity contribution in [2.45, 2.75) is 26.8 Å². The number of nitrogens with one attached hydrogen (secondary N) is 2. The Morgan fingerprint density at radius 3 is 2.44 bits per heavy atom. The van der Waals surface area contributed by atoms with Gasteiger partial charge in [0.15, 0.2) is 0 Å². The van der Waals surface area contributed by atoms with Gasteiger partial charge in [0.1, 0.15) is 11.6 Å². The average Bonchev–Trinajstić information content (AvgIpc) is 2.58. The quantitative estimate of drug-likeness (QED) is 0.756. The molecule has 0 aliphatic heterocycles. The van der Waals surface area contributed by atoms with Gasteiger partial charge in [-0.1, -0.05) is 38.1 Å². The number of rotatable bonds is 8. The Morgan fingerprint density at radius 2 is 1.80 bits per heavy atom. The highest BCUT2D eigenvalue weighted by molar-refractivity contribution is 5.93. The van der Waals surface area contributed by atoms with Crippen LogP contribution in [0.15, 0.2) is 48.5 Å². The molecule has 0 heterocycles. The van der Waals surface area contributed by atoms with Crippen molar-refractivity contribution in [2.75, 3.05) is 18.5 Å². The second kappa shape index (κ2) is 9.18. The third kappa shape index (κ3) is 5.57. The monoisotopic (exact) mass is 344 g/mol. The number of halogens is 1. The van der Waals surface area contributed by atoms with Crippen LogP contribution in [-0.4, -0.2) is 19.1 Å². The first-order valence-electron chi connectivity index (χ1n) is 8.51. The van der Waals surface area contributed by atoms with Crippen LogP contribution < -0.4 is 15.4 Å². The molecule has 0 saturated heterocycles. The van der Waals surface area contributed by atoms with Gasteiger partial charge in [0, 0.05) is 6.04 Å². The van der Waals surface area contributed by atoms with Gasteiger partial charge in [-0.3, -0.25) is 4.79 Å². The molecule has 0 spiro atoms. The summed E-state index contributed by atoms with van der Waals surface area (Å²) >= 11 is 0. The van der Waals surface area contributed by atoms with Crippen molar-refractivity contribution >= 4 is 11.6 Å². The molecule has 1 amide bonds. The molecule has 0 radical (unpaired) electrons. The summed E-state index contributed by atoms with van der Waals surface area (Å²) in [6, 6.07) is 13.7. The van der Waals surface area contributed by atoms with Gasteiger partial charge >= 0.3 is 0 Å². The molecular formula is C20H25FN2O2. The van der Waals surface area contributed by atoms with Crippen LogP contribution in [0.4, 0.5) is 10.1 Å². The highest BCUT2D eigenvalue weighted by Gasteiger charge is 2.17. The second-order valence-corrected chi connectivity index (χ2v) is 6.13. The zero-order chi connectivity index (χ0) is 18.2. The summed E-state index contributed by atoms with van der Waals surface area (Å²) in [7, 11) is 0. The first kappa shape index (κ1) is 18.9. The smallest absolute Gasteiger partial charge is 0.238 e. The van der Waals surface area contributed by atoms with Crippen LogP contribution in [0.2, 0.25) is 0 Å². The minimum atomic E-state index is -0.267. The van der Waals surface area contributed by atoms with Crippen molar-refractivity contribution in [3.05, 3.63) is 59.9 Å². The van der Waals surface area contributed by atoms with Gasteiger partial charge in [-0.2, -0.15) is 0 Å². The van der Waals surface area contributed by atoms with E-state index in [4.69, 9.17) is 4.74 Å². The molecule has 2 aromatic carbocycles. The van der Waals surface area contributed by atoms with E-state index in [-0.39, 0.29) is 30.2 Å². The minimum absolute atomic E-state index is 0.0338. The first-order valence-corrected chi connectivity index (χ1v) is 8.51. The summed E-state index contributed by atoms with van der Waals surface area (Å²) in [6.45, 7) is 6.70. The Labute approximate surface area is 148 Å². The second-order valence-electron chi connectivity index (χ2n) is 6.13.